The van der Waals surface area contributed by atoms with Crippen molar-refractivity contribution in [3.05, 3.63) is 0 Å². The van der Waals surface area contributed by atoms with Crippen LogP contribution < -0.4 is 4.72 Å². The Morgan fingerprint density at radius 1 is 1.21 bits per heavy atom. The molecule has 1 heterocycles. The molecule has 0 amide bonds. The zero-order valence-electron chi connectivity index (χ0n) is 11.6. The van der Waals surface area contributed by atoms with E-state index in [1.807, 2.05) is 0 Å². The first-order valence-corrected chi connectivity index (χ1v) is 9.72. The molecule has 1 aliphatic carbocycles. The van der Waals surface area contributed by atoms with Crippen molar-refractivity contribution >= 4 is 26.1 Å². The predicted molar refractivity (Wildman–Crippen MR) is 81.6 cm³/mol. The summed E-state index contributed by atoms with van der Waals surface area (Å²) in [5.74, 6) is 1.13. The normalized spacial score (nSPS) is 31.5. The Labute approximate surface area is 125 Å². The minimum atomic E-state index is -3.26. The van der Waals surface area contributed by atoms with Gasteiger partial charge in [0.05, 0.1) is 0 Å². The molecule has 1 saturated carbocycles. The molecule has 0 bridgehead atoms. The third-order valence-electron chi connectivity index (χ3n) is 4.36. The molecule has 2 unspecified atom stereocenters. The number of nitrogens with zero attached hydrogens (tertiary/aromatic N) is 1. The molecule has 19 heavy (non-hydrogen) atoms. The molecule has 4 nitrogen and oxygen atoms in total. The van der Waals surface area contributed by atoms with Crippen molar-refractivity contribution in [2.24, 2.45) is 11.8 Å². The van der Waals surface area contributed by atoms with Crippen LogP contribution in [-0.2, 0) is 10.2 Å². The first-order valence-electron chi connectivity index (χ1n) is 7.36. The highest BCUT2D eigenvalue weighted by molar-refractivity contribution is 9.09. The molecule has 6 heteroatoms. The molecule has 1 N–H and O–H groups in total. The molecule has 2 fully saturated rings. The van der Waals surface area contributed by atoms with E-state index in [9.17, 15) is 8.42 Å². The maximum Gasteiger partial charge on any atom is 0.279 e. The van der Waals surface area contributed by atoms with Crippen molar-refractivity contribution in [1.29, 1.82) is 0 Å². The van der Waals surface area contributed by atoms with E-state index in [0.717, 1.165) is 25.7 Å². The lowest BCUT2D eigenvalue weighted by Gasteiger charge is -2.31. The number of rotatable bonds is 4. The average molecular weight is 353 g/mol. The smallest absolute Gasteiger partial charge is 0.202 e. The summed E-state index contributed by atoms with van der Waals surface area (Å²) in [4.78, 5) is 0.562. The first-order chi connectivity index (χ1) is 8.97. The van der Waals surface area contributed by atoms with E-state index < -0.39 is 10.2 Å². The fourth-order valence-corrected chi connectivity index (χ4v) is 5.12. The summed E-state index contributed by atoms with van der Waals surface area (Å²) >= 11 is 3.64. The Balaban J connectivity index is 1.80. The van der Waals surface area contributed by atoms with Gasteiger partial charge in [-0.15, -0.1) is 0 Å². The van der Waals surface area contributed by atoms with Crippen LogP contribution >= 0.6 is 15.9 Å². The number of piperidine rings is 1. The number of halogens is 1. The lowest BCUT2D eigenvalue weighted by Crippen LogP contribution is -2.46. The van der Waals surface area contributed by atoms with Crippen LogP contribution in [0.4, 0.5) is 0 Å². The largest absolute Gasteiger partial charge is 0.279 e. The molecule has 0 radical (unpaired) electrons. The van der Waals surface area contributed by atoms with E-state index in [1.54, 1.807) is 4.31 Å². The third-order valence-corrected chi connectivity index (χ3v) is 6.76. The fourth-order valence-electron chi connectivity index (χ4n) is 2.95. The molecule has 1 aliphatic heterocycles. The molecule has 2 rings (SSSR count). The standard InChI is InChI=1S/C13H25BrN2O2S/c1-11-5-7-16(8-6-11)19(17,18)15-10-12-3-2-4-13(14)9-12/h11-13,15H,2-10H2,1H3. The van der Waals surface area contributed by atoms with Crippen LogP contribution in [0.25, 0.3) is 0 Å². The summed E-state index contributed by atoms with van der Waals surface area (Å²) in [5.41, 5.74) is 0. The topological polar surface area (TPSA) is 49.4 Å². The SMILES string of the molecule is CC1CCN(S(=O)(=O)NCC2CCCC(Br)C2)CC1. The summed E-state index contributed by atoms with van der Waals surface area (Å²) in [5, 5.41) is 0. The van der Waals surface area contributed by atoms with Gasteiger partial charge in [-0.25, -0.2) is 4.72 Å². The number of hydrogen-bond acceptors (Lipinski definition) is 2. The molecule has 2 atom stereocenters. The van der Waals surface area contributed by atoms with Crippen molar-refractivity contribution in [2.75, 3.05) is 19.6 Å². The van der Waals surface area contributed by atoms with Gasteiger partial charge in [0.25, 0.3) is 10.2 Å². The van der Waals surface area contributed by atoms with Crippen molar-refractivity contribution in [3.63, 3.8) is 0 Å². The van der Waals surface area contributed by atoms with Gasteiger partial charge in [0.1, 0.15) is 0 Å². The maximum atomic E-state index is 12.2. The van der Waals surface area contributed by atoms with E-state index in [-0.39, 0.29) is 0 Å². The quantitative estimate of drug-likeness (QED) is 0.790. The van der Waals surface area contributed by atoms with Gasteiger partial charge in [0.2, 0.25) is 0 Å². The Bertz CT molecular complexity index is 380. The van der Waals surface area contributed by atoms with Crippen LogP contribution in [0.3, 0.4) is 0 Å². The van der Waals surface area contributed by atoms with Crippen molar-refractivity contribution < 1.29 is 8.42 Å². The van der Waals surface area contributed by atoms with Crippen LogP contribution in [0.5, 0.6) is 0 Å². The van der Waals surface area contributed by atoms with Crippen LogP contribution in [0.1, 0.15) is 45.4 Å². The molecule has 0 aromatic rings. The van der Waals surface area contributed by atoms with Gasteiger partial charge in [-0.2, -0.15) is 12.7 Å². The molecule has 0 spiro atoms. The molecule has 2 aliphatic rings. The second-order valence-electron chi connectivity index (χ2n) is 6.06. The Morgan fingerprint density at radius 3 is 2.53 bits per heavy atom. The number of nitrogens with one attached hydrogen (secondary N) is 1. The van der Waals surface area contributed by atoms with E-state index in [0.29, 0.717) is 36.3 Å². The maximum absolute atomic E-state index is 12.2. The summed E-state index contributed by atoms with van der Waals surface area (Å²) in [6.45, 7) is 4.12. The van der Waals surface area contributed by atoms with E-state index in [2.05, 4.69) is 27.6 Å². The highest BCUT2D eigenvalue weighted by Gasteiger charge is 2.27. The lowest BCUT2D eigenvalue weighted by molar-refractivity contribution is 0.282. The van der Waals surface area contributed by atoms with Gasteiger partial charge in [-0.05, 0) is 43.9 Å². The molecule has 112 valence electrons. The Morgan fingerprint density at radius 2 is 1.89 bits per heavy atom. The van der Waals surface area contributed by atoms with Gasteiger partial charge in [-0.1, -0.05) is 29.3 Å². The van der Waals surface area contributed by atoms with Gasteiger partial charge in [0.15, 0.2) is 0 Å². The zero-order chi connectivity index (χ0) is 13.9. The van der Waals surface area contributed by atoms with Crippen LogP contribution in [0.2, 0.25) is 0 Å². The highest BCUT2D eigenvalue weighted by atomic mass is 79.9. The lowest BCUT2D eigenvalue weighted by atomic mass is 9.89. The van der Waals surface area contributed by atoms with Gasteiger partial charge >= 0.3 is 0 Å². The van der Waals surface area contributed by atoms with Crippen LogP contribution in [0, 0.1) is 11.8 Å². The Hall–Kier alpha value is 0.350. The zero-order valence-corrected chi connectivity index (χ0v) is 14.0. The summed E-state index contributed by atoms with van der Waals surface area (Å²) in [6.07, 6.45) is 6.60. The van der Waals surface area contributed by atoms with Crippen LogP contribution in [-0.4, -0.2) is 37.2 Å². The van der Waals surface area contributed by atoms with E-state index in [1.165, 1.54) is 12.8 Å². The fraction of sp³-hybridized carbons (Fsp3) is 1.00. The third kappa shape index (κ3) is 4.69. The molecule has 1 saturated heterocycles. The van der Waals surface area contributed by atoms with Crippen LogP contribution in [0.15, 0.2) is 0 Å². The van der Waals surface area contributed by atoms with Gasteiger partial charge < -0.3 is 0 Å². The van der Waals surface area contributed by atoms with Crippen molar-refractivity contribution in [1.82, 2.24) is 9.03 Å². The van der Waals surface area contributed by atoms with Crippen molar-refractivity contribution in [2.45, 2.75) is 50.3 Å². The minimum Gasteiger partial charge on any atom is -0.202 e. The van der Waals surface area contributed by atoms with E-state index in [4.69, 9.17) is 0 Å². The number of alkyl halides is 1. The average Bonchev–Trinajstić information content (AvgIpc) is 2.37. The first kappa shape index (κ1) is 15.7. The second kappa shape index (κ2) is 6.87. The predicted octanol–water partition coefficient (Wildman–Crippen LogP) is 2.51. The Kier molecular flexibility index (Phi) is 5.69. The molecule has 0 aromatic heterocycles. The second-order valence-corrected chi connectivity index (χ2v) is 9.12. The molecular weight excluding hydrogens is 328 g/mol. The molecular formula is C13H25BrN2O2S. The molecule has 0 aromatic carbocycles. The van der Waals surface area contributed by atoms with Crippen molar-refractivity contribution in [3.8, 4) is 0 Å². The minimum absolute atomic E-state index is 0.483. The monoisotopic (exact) mass is 352 g/mol. The van der Waals surface area contributed by atoms with Gasteiger partial charge in [-0.3, -0.25) is 0 Å². The summed E-state index contributed by atoms with van der Waals surface area (Å²) in [7, 11) is -3.26. The van der Waals surface area contributed by atoms with Gasteiger partial charge in [0, 0.05) is 24.5 Å². The summed E-state index contributed by atoms with van der Waals surface area (Å²) in [6, 6.07) is 0. The highest BCUT2D eigenvalue weighted by Crippen LogP contribution is 2.28. The summed E-state index contributed by atoms with van der Waals surface area (Å²) < 4.78 is 28.9. The number of hydrogen-bond donors (Lipinski definition) is 1. The van der Waals surface area contributed by atoms with E-state index >= 15 is 0 Å².